The van der Waals surface area contributed by atoms with Crippen molar-refractivity contribution in [3.05, 3.63) is 286 Å². The Morgan fingerprint density at radius 3 is 1.04 bits per heavy atom. The third-order valence-electron chi connectivity index (χ3n) is 30.2. The van der Waals surface area contributed by atoms with Crippen LogP contribution < -0.4 is 0 Å². The molecular formula is C109H121Cl8N15O8. The van der Waals surface area contributed by atoms with E-state index in [0.29, 0.717) is 105 Å². The van der Waals surface area contributed by atoms with Crippen LogP contribution in [0.1, 0.15) is 141 Å². The summed E-state index contributed by atoms with van der Waals surface area (Å²) in [5, 5.41) is 14.8. The number of hydrogen-bond acceptors (Lipinski definition) is 19. The SMILES string of the molecule is CO[C@@H]1CN(C2CCN(C(=O)c3ccc4nccnc4c3)CC2)CC[C@@H]1Cc1ccc(Cl)c(Cl)c1.CO[C@@H]1CN(C2CCN(C(=O)c3ccnc4ccccc34)CC2)CC[C@@H]1Cc1ccc(Cl)c(Cl)c1.CO[C@@H]1CN(C2CCN(C(=O)c3cnc4ccccc4n3)CC2)CC[C@@H]1Cc1ccc(Cl)c(Cl)c1.CO[C@@H]1CN(C2CCN(C(=O)c3cnnc4ccccc34)CC2)CC[C@@H]1Cc1ccc(Cl)c(Cl)c1. The number of carbonyl (C=O) groups is 4. The quantitative estimate of drug-likeness (QED) is 0.0692. The van der Waals surface area contributed by atoms with Gasteiger partial charge in [0.25, 0.3) is 23.6 Å². The third-order valence-corrected chi connectivity index (χ3v) is 33.1. The first-order valence-corrected chi connectivity index (χ1v) is 52.1. The van der Waals surface area contributed by atoms with Crippen molar-refractivity contribution in [3.8, 4) is 0 Å². The number of piperidine rings is 8. The first-order chi connectivity index (χ1) is 68.1. The highest BCUT2D eigenvalue weighted by Gasteiger charge is 2.41. The largest absolute Gasteiger partial charge is 0.380 e. The summed E-state index contributed by atoms with van der Waals surface area (Å²) in [5.41, 5.74) is 12.0. The van der Waals surface area contributed by atoms with Gasteiger partial charge in [0.1, 0.15) is 5.69 Å². The van der Waals surface area contributed by atoms with E-state index in [4.69, 9.17) is 112 Å². The Morgan fingerprint density at radius 1 is 0.300 bits per heavy atom. The van der Waals surface area contributed by atoms with Gasteiger partial charge in [0.15, 0.2) is 0 Å². The summed E-state index contributed by atoms with van der Waals surface area (Å²) in [5.74, 6) is 2.00. The summed E-state index contributed by atoms with van der Waals surface area (Å²) in [6.45, 7) is 13.9. The molecule has 0 radical (unpaired) electrons. The molecule has 0 aliphatic carbocycles. The van der Waals surface area contributed by atoms with Gasteiger partial charge in [-0.2, -0.15) is 10.2 Å². The van der Waals surface area contributed by atoms with E-state index in [0.717, 1.165) is 257 Å². The highest BCUT2D eigenvalue weighted by molar-refractivity contribution is 6.43. The fourth-order valence-corrected chi connectivity index (χ4v) is 23.5. The van der Waals surface area contributed by atoms with Crippen molar-refractivity contribution >= 4 is 160 Å². The average molecular weight is 2050 g/mol. The number of nitrogens with zero attached hydrogens (tertiary/aromatic N) is 15. The zero-order chi connectivity index (χ0) is 97.5. The van der Waals surface area contributed by atoms with Crippen LogP contribution >= 0.6 is 92.8 Å². The molecule has 8 atom stereocenters. The summed E-state index contributed by atoms with van der Waals surface area (Å²) in [4.78, 5) is 92.8. The first kappa shape index (κ1) is 103. The van der Waals surface area contributed by atoms with Crippen molar-refractivity contribution in [2.45, 2.75) is 151 Å². The lowest BCUT2D eigenvalue weighted by atomic mass is 9.86. The molecule has 23 nitrogen and oxygen atoms in total. The minimum absolute atomic E-state index is 0.0307. The number of carbonyl (C=O) groups excluding carboxylic acids is 4. The molecule has 0 N–H and O–H groups in total. The molecule has 140 heavy (non-hydrogen) atoms. The van der Waals surface area contributed by atoms with Crippen LogP contribution in [0, 0.1) is 23.7 Å². The zero-order valence-electron chi connectivity index (χ0n) is 79.6. The minimum Gasteiger partial charge on any atom is -0.380 e. The zero-order valence-corrected chi connectivity index (χ0v) is 85.7. The summed E-state index contributed by atoms with van der Waals surface area (Å²) >= 11 is 49.2. The highest BCUT2D eigenvalue weighted by atomic mass is 35.5. The van der Waals surface area contributed by atoms with Crippen LogP contribution in [0.25, 0.3) is 43.9 Å². The average Bonchev–Trinajstić information content (AvgIpc) is 0.800. The molecular weight excluding hydrogens is 1930 g/mol. The molecule has 4 aromatic heterocycles. The van der Waals surface area contributed by atoms with Gasteiger partial charge in [-0.3, -0.25) is 58.7 Å². The number of fused-ring (bicyclic) bond motifs is 4. The van der Waals surface area contributed by atoms with Crippen LogP contribution in [0.3, 0.4) is 0 Å². The minimum atomic E-state index is -0.0307. The van der Waals surface area contributed by atoms with Crippen molar-refractivity contribution in [1.82, 2.24) is 74.3 Å². The van der Waals surface area contributed by atoms with Gasteiger partial charge in [-0.05, 0) is 272 Å². The standard InChI is InChI=1S/C28H31Cl2N3O2.3C27H30Cl2N4O2/c1-35-27-18-33(13-9-20(27)16-19-6-7-24(29)25(30)17-19)21-10-14-32(15-11-21)28(34)23-8-12-31-26-5-3-2-4-22(23)26;1-35-26-17-33(11-6-19(26)14-18-2-4-22(28)23(29)15-18)21-7-12-32(13-8-21)27(34)20-3-5-24-25(16-20)31-10-9-30-24;1-35-26-17-33(11-8-19(26)14-18-6-7-21(28)22(29)15-18)20-9-12-32(13-10-20)27(34)25-16-30-23-4-2-3-5-24(23)31-25;1-35-26-17-33(11-8-19(26)14-18-6-7-23(28)24(29)15-18)20-9-12-32(13-10-20)27(34)22-16-30-31-25-5-3-2-4-21(22)25/h2-8,12,17,20-21,27H,9-11,13-16,18H2,1H3;2-5,9-10,15-16,19,21,26H,6-8,11-14,17H2,1H3;2*2-7,15-16,19-20,26H,8-14,17H2,1H3/t20-,27-;3*19-,26-/m1111/s1. The van der Waals surface area contributed by atoms with Crippen LogP contribution in [0.2, 0.25) is 40.2 Å². The molecule has 12 heterocycles. The van der Waals surface area contributed by atoms with Gasteiger partial charge in [0, 0.05) is 166 Å². The first-order valence-electron chi connectivity index (χ1n) is 49.1. The molecule has 31 heteroatoms. The maximum Gasteiger partial charge on any atom is 0.274 e. The Kier molecular flexibility index (Phi) is 35.6. The Bertz CT molecular complexity index is 5890. The number of hydrogen-bond donors (Lipinski definition) is 0. The number of aromatic nitrogens is 7. The van der Waals surface area contributed by atoms with Crippen LogP contribution in [-0.2, 0) is 44.6 Å². The van der Waals surface area contributed by atoms with Crippen LogP contribution in [0.4, 0.5) is 0 Å². The smallest absolute Gasteiger partial charge is 0.274 e. The van der Waals surface area contributed by atoms with E-state index in [-0.39, 0.29) is 48.0 Å². The molecule has 0 spiro atoms. The Balaban J connectivity index is 0.000000129. The van der Waals surface area contributed by atoms with E-state index in [9.17, 15) is 19.2 Å². The van der Waals surface area contributed by atoms with E-state index >= 15 is 0 Å². The van der Waals surface area contributed by atoms with E-state index in [1.165, 1.54) is 22.3 Å². The second-order valence-corrected chi connectivity index (χ2v) is 41.6. The van der Waals surface area contributed by atoms with Gasteiger partial charge in [-0.1, -0.05) is 166 Å². The number of halogens is 8. The molecule has 0 unspecified atom stereocenters. The second-order valence-electron chi connectivity index (χ2n) is 38.3. The van der Waals surface area contributed by atoms with Gasteiger partial charge in [-0.15, -0.1) is 0 Å². The van der Waals surface area contributed by atoms with Gasteiger partial charge in [0.2, 0.25) is 0 Å². The molecule has 20 rings (SSSR count). The monoisotopic (exact) mass is 2050 g/mol. The molecule has 0 saturated carbocycles. The molecule has 736 valence electrons. The van der Waals surface area contributed by atoms with Gasteiger partial charge < -0.3 is 38.5 Å². The molecule has 12 aromatic rings. The number of amides is 4. The van der Waals surface area contributed by atoms with Crippen LogP contribution in [0.5, 0.6) is 0 Å². The molecule has 8 fully saturated rings. The van der Waals surface area contributed by atoms with Gasteiger partial charge in [0.05, 0.1) is 121 Å². The Morgan fingerprint density at radius 2 is 0.636 bits per heavy atom. The van der Waals surface area contributed by atoms with Crippen molar-refractivity contribution in [1.29, 1.82) is 0 Å². The summed E-state index contributed by atoms with van der Waals surface area (Å²) in [6, 6.07) is 56.1. The number of para-hydroxylation sites is 3. The maximum atomic E-state index is 13.3. The number of ether oxygens (including phenoxy) is 4. The van der Waals surface area contributed by atoms with E-state index < -0.39 is 0 Å². The molecule has 8 aliphatic rings. The summed E-state index contributed by atoms with van der Waals surface area (Å²) in [7, 11) is 7.24. The lowest BCUT2D eigenvalue weighted by Crippen LogP contribution is -2.53. The molecule has 8 aliphatic heterocycles. The molecule has 4 amide bonds. The highest BCUT2D eigenvalue weighted by Crippen LogP contribution is 2.39. The van der Waals surface area contributed by atoms with E-state index in [1.54, 1.807) is 31.0 Å². The third kappa shape index (κ3) is 25.3. The molecule has 8 aromatic carbocycles. The van der Waals surface area contributed by atoms with Crippen molar-refractivity contribution in [2.75, 3.05) is 133 Å². The fourth-order valence-electron chi connectivity index (χ4n) is 22.2. The molecule has 8 saturated heterocycles. The normalized spacial score (nSPS) is 22.0. The summed E-state index contributed by atoms with van der Waals surface area (Å²) < 4.78 is 23.7. The van der Waals surface area contributed by atoms with E-state index in [2.05, 4.69) is 79.0 Å². The number of methoxy groups -OCH3 is 4. The van der Waals surface area contributed by atoms with Crippen molar-refractivity contribution < 1.29 is 38.1 Å². The van der Waals surface area contributed by atoms with Crippen molar-refractivity contribution in [2.24, 2.45) is 23.7 Å². The van der Waals surface area contributed by atoms with Gasteiger partial charge >= 0.3 is 0 Å². The lowest BCUT2D eigenvalue weighted by Gasteiger charge is -2.44. The maximum absolute atomic E-state index is 13.3. The molecule has 0 bridgehead atoms. The lowest BCUT2D eigenvalue weighted by molar-refractivity contribution is -0.0326. The van der Waals surface area contributed by atoms with E-state index in [1.807, 2.05) is 194 Å². The summed E-state index contributed by atoms with van der Waals surface area (Å²) in [6.07, 6.45) is 24.8. The van der Waals surface area contributed by atoms with Gasteiger partial charge in [-0.25, -0.2) is 4.98 Å². The predicted molar refractivity (Wildman–Crippen MR) is 559 cm³/mol. The predicted octanol–water partition coefficient (Wildman–Crippen LogP) is 21.1. The number of likely N-dealkylation sites (tertiary alicyclic amines) is 8. The second kappa shape index (κ2) is 48.6. The number of rotatable bonds is 20. The van der Waals surface area contributed by atoms with Crippen LogP contribution in [0.15, 0.2) is 201 Å². The topological polar surface area (TPSA) is 221 Å². The van der Waals surface area contributed by atoms with Crippen LogP contribution in [-0.4, -0.2) is 280 Å². The number of pyridine rings is 1. The number of benzene rings is 8. The fraction of sp³-hybridized carbons (Fsp3) is 0.440. The Hall–Kier alpha value is -8.93. The van der Waals surface area contributed by atoms with Crippen molar-refractivity contribution in [3.63, 3.8) is 0 Å². The Labute approximate surface area is 860 Å².